The molecule has 7 nitrogen and oxygen atoms in total. The van der Waals surface area contributed by atoms with Crippen molar-refractivity contribution in [1.29, 1.82) is 0 Å². The molecule has 0 aliphatic carbocycles. The molecule has 1 fully saturated rings. The Labute approximate surface area is 189 Å². The second-order valence-electron chi connectivity index (χ2n) is 7.40. The number of nitrogens with one attached hydrogen (secondary N) is 1. The minimum atomic E-state index is -3.50. The van der Waals surface area contributed by atoms with Crippen LogP contribution in [0.1, 0.15) is 13.8 Å². The Kier molecular flexibility index (Phi) is 7.94. The van der Waals surface area contributed by atoms with Gasteiger partial charge in [0.05, 0.1) is 11.4 Å². The maximum absolute atomic E-state index is 12.6. The van der Waals surface area contributed by atoms with Crippen LogP contribution in [0, 0.1) is 0 Å². The largest absolute Gasteiger partial charge is 0.369 e. The van der Waals surface area contributed by atoms with Gasteiger partial charge in [-0.25, -0.2) is 8.42 Å². The number of halogens is 1. The zero-order valence-corrected chi connectivity index (χ0v) is 19.5. The van der Waals surface area contributed by atoms with Gasteiger partial charge in [-0.1, -0.05) is 25.4 Å². The highest BCUT2D eigenvalue weighted by Crippen LogP contribution is 2.20. The molecule has 0 atom stereocenters. The van der Waals surface area contributed by atoms with Gasteiger partial charge in [0.1, 0.15) is 0 Å². The van der Waals surface area contributed by atoms with Crippen LogP contribution in [0.4, 0.5) is 11.4 Å². The molecule has 1 aliphatic heterocycles. The van der Waals surface area contributed by atoms with Crippen LogP contribution in [0.5, 0.6) is 0 Å². The summed E-state index contributed by atoms with van der Waals surface area (Å²) in [5.41, 5.74) is 1.72. The Balaban J connectivity index is 1.50. The van der Waals surface area contributed by atoms with E-state index in [0.717, 1.165) is 36.9 Å². The minimum absolute atomic E-state index is 0.112. The number of nitrogens with zero attached hydrogens (tertiary/aromatic N) is 3. The molecule has 1 heterocycles. The van der Waals surface area contributed by atoms with E-state index < -0.39 is 10.0 Å². The summed E-state index contributed by atoms with van der Waals surface area (Å²) in [6.07, 6.45) is 0. The summed E-state index contributed by atoms with van der Waals surface area (Å²) in [4.78, 5) is 17.1. The Hall–Kier alpha value is -2.13. The van der Waals surface area contributed by atoms with Crippen molar-refractivity contribution in [2.45, 2.75) is 18.7 Å². The van der Waals surface area contributed by atoms with Crippen LogP contribution in [-0.2, 0) is 14.8 Å². The lowest BCUT2D eigenvalue weighted by molar-refractivity contribution is -0.117. The lowest BCUT2D eigenvalue weighted by atomic mass is 10.2. The number of benzene rings is 2. The van der Waals surface area contributed by atoms with E-state index >= 15 is 0 Å². The number of rotatable bonds is 8. The molecule has 0 unspecified atom stereocenters. The van der Waals surface area contributed by atoms with Crippen LogP contribution < -0.4 is 10.2 Å². The SMILES string of the molecule is CCN(CC)S(=O)(=O)c1ccc(NC(=O)CN2CCN(c3ccc(Cl)cc3)CC2)cc1. The number of anilines is 2. The smallest absolute Gasteiger partial charge is 0.243 e. The fraction of sp³-hybridized carbons (Fsp3) is 0.409. The molecule has 168 valence electrons. The molecule has 31 heavy (non-hydrogen) atoms. The topological polar surface area (TPSA) is 73.0 Å². The number of sulfonamides is 1. The van der Waals surface area contributed by atoms with Crippen LogP contribution in [0.3, 0.4) is 0 Å². The molecule has 0 saturated carbocycles. The van der Waals surface area contributed by atoms with Crippen LogP contribution in [0.2, 0.25) is 5.02 Å². The Morgan fingerprint density at radius 2 is 1.55 bits per heavy atom. The summed E-state index contributed by atoms with van der Waals surface area (Å²) >= 11 is 5.95. The van der Waals surface area contributed by atoms with Crippen molar-refractivity contribution in [3.63, 3.8) is 0 Å². The molecule has 0 bridgehead atoms. The predicted octanol–water partition coefficient (Wildman–Crippen LogP) is 3.13. The normalized spacial score (nSPS) is 15.3. The molecule has 0 aromatic heterocycles. The molecule has 1 amide bonds. The maximum Gasteiger partial charge on any atom is 0.243 e. The van der Waals surface area contributed by atoms with Gasteiger partial charge < -0.3 is 10.2 Å². The number of hydrogen-bond donors (Lipinski definition) is 1. The number of amides is 1. The van der Waals surface area contributed by atoms with Gasteiger partial charge in [0.15, 0.2) is 0 Å². The summed E-state index contributed by atoms with van der Waals surface area (Å²) in [6.45, 7) is 8.02. The monoisotopic (exact) mass is 464 g/mol. The van der Waals surface area contributed by atoms with Gasteiger partial charge in [-0.2, -0.15) is 4.31 Å². The standard InChI is InChI=1S/C22H29ClN4O3S/c1-3-27(4-2)31(29,30)21-11-7-19(8-12-21)24-22(28)17-25-13-15-26(16-14-25)20-9-5-18(23)6-10-20/h5-12H,3-4,13-17H2,1-2H3,(H,24,28). The summed E-state index contributed by atoms with van der Waals surface area (Å²) in [6, 6.07) is 14.1. The minimum Gasteiger partial charge on any atom is -0.369 e. The van der Waals surface area contributed by atoms with Gasteiger partial charge in [0.2, 0.25) is 15.9 Å². The van der Waals surface area contributed by atoms with Gasteiger partial charge in [0.25, 0.3) is 0 Å². The van der Waals surface area contributed by atoms with Crippen LogP contribution in [0.15, 0.2) is 53.4 Å². The van der Waals surface area contributed by atoms with Crippen molar-refractivity contribution >= 4 is 38.9 Å². The van der Waals surface area contributed by atoms with E-state index in [1.807, 2.05) is 38.1 Å². The molecular formula is C22H29ClN4O3S. The van der Waals surface area contributed by atoms with Crippen molar-refractivity contribution in [3.8, 4) is 0 Å². The predicted molar refractivity (Wildman–Crippen MR) is 125 cm³/mol. The second-order valence-corrected chi connectivity index (χ2v) is 9.78. The molecule has 0 spiro atoms. The number of carbonyl (C=O) groups excluding carboxylic acids is 1. The second kappa shape index (κ2) is 10.5. The van der Waals surface area contributed by atoms with Gasteiger partial charge >= 0.3 is 0 Å². The number of carbonyl (C=O) groups is 1. The Bertz CT molecular complexity index is 969. The van der Waals surface area contributed by atoms with E-state index in [1.54, 1.807) is 12.1 Å². The van der Waals surface area contributed by atoms with Gasteiger partial charge in [-0.3, -0.25) is 9.69 Å². The van der Waals surface area contributed by atoms with Crippen LogP contribution >= 0.6 is 11.6 Å². The highest BCUT2D eigenvalue weighted by Gasteiger charge is 2.22. The van der Waals surface area contributed by atoms with E-state index in [1.165, 1.54) is 16.4 Å². The Morgan fingerprint density at radius 3 is 2.10 bits per heavy atom. The summed E-state index contributed by atoms with van der Waals surface area (Å²) in [7, 11) is -3.50. The maximum atomic E-state index is 12.6. The van der Waals surface area contributed by atoms with Crippen LogP contribution in [0.25, 0.3) is 0 Å². The third kappa shape index (κ3) is 5.98. The van der Waals surface area contributed by atoms with Crippen molar-refractivity contribution in [1.82, 2.24) is 9.21 Å². The van der Waals surface area contributed by atoms with Crippen molar-refractivity contribution in [2.24, 2.45) is 0 Å². The quantitative estimate of drug-likeness (QED) is 0.649. The highest BCUT2D eigenvalue weighted by atomic mass is 35.5. The lowest BCUT2D eigenvalue weighted by Gasteiger charge is -2.35. The van der Waals surface area contributed by atoms with Gasteiger partial charge in [-0.05, 0) is 48.5 Å². The van der Waals surface area contributed by atoms with Crippen molar-refractivity contribution in [2.75, 3.05) is 56.0 Å². The molecule has 1 aliphatic rings. The molecular weight excluding hydrogens is 436 g/mol. The average molecular weight is 465 g/mol. The van der Waals surface area contributed by atoms with Crippen LogP contribution in [-0.4, -0.2) is 69.3 Å². The third-order valence-corrected chi connectivity index (χ3v) is 7.73. The fourth-order valence-electron chi connectivity index (χ4n) is 3.64. The summed E-state index contributed by atoms with van der Waals surface area (Å²) < 4.78 is 26.5. The molecule has 1 saturated heterocycles. The number of piperazine rings is 1. The first-order chi connectivity index (χ1) is 14.8. The summed E-state index contributed by atoms with van der Waals surface area (Å²) in [5.74, 6) is -0.112. The van der Waals surface area contributed by atoms with Crippen molar-refractivity contribution < 1.29 is 13.2 Å². The molecule has 1 N–H and O–H groups in total. The molecule has 3 rings (SSSR count). The fourth-order valence-corrected chi connectivity index (χ4v) is 5.23. The molecule has 2 aromatic carbocycles. The van der Waals surface area contributed by atoms with Gasteiger partial charge in [0, 0.05) is 55.7 Å². The average Bonchev–Trinajstić information content (AvgIpc) is 2.76. The summed E-state index contributed by atoms with van der Waals surface area (Å²) in [5, 5.41) is 3.58. The highest BCUT2D eigenvalue weighted by molar-refractivity contribution is 7.89. The zero-order chi connectivity index (χ0) is 22.4. The third-order valence-electron chi connectivity index (χ3n) is 5.41. The first-order valence-corrected chi connectivity index (χ1v) is 12.3. The van der Waals surface area contributed by atoms with E-state index in [2.05, 4.69) is 15.1 Å². The zero-order valence-electron chi connectivity index (χ0n) is 17.9. The Morgan fingerprint density at radius 1 is 0.968 bits per heavy atom. The molecule has 2 aromatic rings. The van der Waals surface area contributed by atoms with Crippen molar-refractivity contribution in [3.05, 3.63) is 53.6 Å². The van der Waals surface area contributed by atoms with E-state index in [9.17, 15) is 13.2 Å². The van der Waals surface area contributed by atoms with E-state index in [0.29, 0.717) is 25.3 Å². The van der Waals surface area contributed by atoms with Gasteiger partial charge in [-0.15, -0.1) is 0 Å². The first-order valence-electron chi connectivity index (χ1n) is 10.5. The van der Waals surface area contributed by atoms with E-state index in [-0.39, 0.29) is 10.8 Å². The molecule has 9 heteroatoms. The first kappa shape index (κ1) is 23.5. The van der Waals surface area contributed by atoms with E-state index in [4.69, 9.17) is 11.6 Å². The number of hydrogen-bond acceptors (Lipinski definition) is 5. The molecule has 0 radical (unpaired) electrons. The lowest BCUT2D eigenvalue weighted by Crippen LogP contribution is -2.48.